The van der Waals surface area contributed by atoms with Crippen LogP contribution in [0.15, 0.2) is 36.7 Å². The Morgan fingerprint density at radius 3 is 2.80 bits per heavy atom. The molecule has 0 atom stereocenters. The van der Waals surface area contributed by atoms with Gasteiger partial charge in [-0.1, -0.05) is 12.1 Å². The minimum absolute atomic E-state index is 0.246. The molecular weight excluding hydrogens is 252 g/mol. The average molecular weight is 266 g/mol. The lowest BCUT2D eigenvalue weighted by Crippen LogP contribution is -2.13. The first-order valence-corrected chi connectivity index (χ1v) is 6.21. The van der Waals surface area contributed by atoms with E-state index in [9.17, 15) is 4.79 Å². The van der Waals surface area contributed by atoms with E-state index in [-0.39, 0.29) is 5.69 Å². The number of pyridine rings is 1. The number of carbonyl (C=O) groups is 1. The van der Waals surface area contributed by atoms with Crippen molar-refractivity contribution in [1.29, 1.82) is 0 Å². The Balaban J connectivity index is 2.33. The molecule has 2 aromatic heterocycles. The Hall–Kier alpha value is -2.82. The summed E-state index contributed by atoms with van der Waals surface area (Å²) in [5.74, 6) is -0.548. The van der Waals surface area contributed by atoms with Crippen molar-refractivity contribution in [3.63, 3.8) is 0 Å². The fourth-order valence-corrected chi connectivity index (χ4v) is 2.40. The van der Waals surface area contributed by atoms with Crippen LogP contribution in [0.5, 0.6) is 0 Å². The number of fused-ring (bicyclic) bond motifs is 1. The lowest BCUT2D eigenvalue weighted by atomic mass is 9.97. The van der Waals surface area contributed by atoms with E-state index in [1.165, 1.54) is 0 Å². The monoisotopic (exact) mass is 266 g/mol. The number of aromatic nitrogens is 2. The molecule has 5 nitrogen and oxygen atoms in total. The lowest BCUT2D eigenvalue weighted by molar-refractivity contribution is 0.0997. The van der Waals surface area contributed by atoms with E-state index >= 15 is 0 Å². The van der Waals surface area contributed by atoms with Crippen LogP contribution in [0.2, 0.25) is 0 Å². The predicted octanol–water partition coefficient (Wildman–Crippen LogP) is 2.22. The van der Waals surface area contributed by atoms with Crippen LogP contribution < -0.4 is 11.5 Å². The van der Waals surface area contributed by atoms with Crippen LogP contribution in [0.1, 0.15) is 16.1 Å². The molecule has 0 spiro atoms. The number of hydrogen-bond donors (Lipinski definition) is 3. The summed E-state index contributed by atoms with van der Waals surface area (Å²) in [6.07, 6.45) is 3.43. The fourth-order valence-electron chi connectivity index (χ4n) is 2.40. The normalized spacial score (nSPS) is 10.8. The third-order valence-corrected chi connectivity index (χ3v) is 3.50. The first-order chi connectivity index (χ1) is 9.59. The quantitative estimate of drug-likeness (QED) is 0.620. The van der Waals surface area contributed by atoms with E-state index in [1.807, 2.05) is 31.2 Å². The molecule has 3 aromatic rings. The second kappa shape index (κ2) is 4.38. The maximum absolute atomic E-state index is 11.4. The van der Waals surface area contributed by atoms with Crippen molar-refractivity contribution in [3.8, 4) is 11.1 Å². The van der Waals surface area contributed by atoms with Gasteiger partial charge in [-0.2, -0.15) is 0 Å². The molecule has 0 saturated heterocycles. The zero-order chi connectivity index (χ0) is 14.3. The van der Waals surface area contributed by atoms with E-state index < -0.39 is 5.91 Å². The van der Waals surface area contributed by atoms with Gasteiger partial charge in [0, 0.05) is 29.0 Å². The Bertz CT molecular complexity index is 820. The molecule has 5 N–H and O–H groups in total. The van der Waals surface area contributed by atoms with Gasteiger partial charge in [0.25, 0.3) is 5.91 Å². The molecule has 1 aromatic carbocycles. The number of nitrogen functional groups attached to an aromatic ring is 1. The van der Waals surface area contributed by atoms with Crippen molar-refractivity contribution in [2.45, 2.75) is 6.92 Å². The van der Waals surface area contributed by atoms with E-state index in [1.54, 1.807) is 12.4 Å². The number of nitrogens with one attached hydrogen (secondary N) is 1. The number of hydrogen-bond acceptors (Lipinski definition) is 3. The molecule has 0 fully saturated rings. The van der Waals surface area contributed by atoms with Crippen molar-refractivity contribution in [2.24, 2.45) is 5.73 Å². The zero-order valence-corrected chi connectivity index (χ0v) is 11.0. The number of anilines is 1. The number of H-pyrrole nitrogens is 1. The highest BCUT2D eigenvalue weighted by Crippen LogP contribution is 2.32. The molecule has 0 aliphatic heterocycles. The summed E-state index contributed by atoms with van der Waals surface area (Å²) in [6.45, 7) is 1.96. The van der Waals surface area contributed by atoms with Crippen molar-refractivity contribution < 1.29 is 4.79 Å². The Morgan fingerprint density at radius 1 is 1.25 bits per heavy atom. The second-order valence-electron chi connectivity index (χ2n) is 4.67. The highest BCUT2D eigenvalue weighted by atomic mass is 16.1. The van der Waals surface area contributed by atoms with Crippen LogP contribution >= 0.6 is 0 Å². The predicted molar refractivity (Wildman–Crippen MR) is 79.2 cm³/mol. The van der Waals surface area contributed by atoms with Gasteiger partial charge in [0.15, 0.2) is 5.69 Å². The van der Waals surface area contributed by atoms with Gasteiger partial charge in [-0.25, -0.2) is 4.98 Å². The number of amides is 1. The maximum Gasteiger partial charge on any atom is 0.269 e. The Morgan fingerprint density at radius 2 is 2.05 bits per heavy atom. The minimum Gasteiger partial charge on any atom is -0.398 e. The summed E-state index contributed by atoms with van der Waals surface area (Å²) in [4.78, 5) is 18.6. The third-order valence-electron chi connectivity index (χ3n) is 3.50. The number of rotatable bonds is 2. The van der Waals surface area contributed by atoms with Gasteiger partial charge in [-0.05, 0) is 30.2 Å². The van der Waals surface area contributed by atoms with Gasteiger partial charge < -0.3 is 16.5 Å². The topological polar surface area (TPSA) is 97.8 Å². The van der Waals surface area contributed by atoms with Crippen LogP contribution in [-0.2, 0) is 0 Å². The molecule has 100 valence electrons. The van der Waals surface area contributed by atoms with Crippen LogP contribution in [0.3, 0.4) is 0 Å². The second-order valence-corrected chi connectivity index (χ2v) is 4.67. The summed E-state index contributed by atoms with van der Waals surface area (Å²) in [5, 5.41) is 0.905. The number of primary amides is 1. The first-order valence-electron chi connectivity index (χ1n) is 6.21. The summed E-state index contributed by atoms with van der Waals surface area (Å²) in [7, 11) is 0. The molecule has 0 unspecified atom stereocenters. The van der Waals surface area contributed by atoms with Crippen molar-refractivity contribution in [3.05, 3.63) is 47.9 Å². The van der Waals surface area contributed by atoms with Gasteiger partial charge in [0.05, 0.1) is 5.52 Å². The van der Waals surface area contributed by atoms with E-state index in [4.69, 9.17) is 11.5 Å². The molecule has 5 heteroatoms. The zero-order valence-electron chi connectivity index (χ0n) is 11.0. The maximum atomic E-state index is 11.4. The largest absolute Gasteiger partial charge is 0.398 e. The Labute approximate surface area is 115 Å². The highest BCUT2D eigenvalue weighted by Gasteiger charge is 2.15. The van der Waals surface area contributed by atoms with Gasteiger partial charge in [-0.15, -0.1) is 0 Å². The van der Waals surface area contributed by atoms with Gasteiger partial charge >= 0.3 is 0 Å². The van der Waals surface area contributed by atoms with Crippen molar-refractivity contribution in [1.82, 2.24) is 9.97 Å². The van der Waals surface area contributed by atoms with E-state index in [0.717, 1.165) is 27.8 Å². The smallest absolute Gasteiger partial charge is 0.269 e. The van der Waals surface area contributed by atoms with Crippen LogP contribution in [0, 0.1) is 6.92 Å². The molecule has 0 aliphatic carbocycles. The van der Waals surface area contributed by atoms with Crippen molar-refractivity contribution in [2.75, 3.05) is 5.73 Å². The van der Waals surface area contributed by atoms with Gasteiger partial charge in [0.2, 0.25) is 0 Å². The van der Waals surface area contributed by atoms with Crippen LogP contribution in [0.25, 0.3) is 22.0 Å². The van der Waals surface area contributed by atoms with Crippen LogP contribution in [-0.4, -0.2) is 15.9 Å². The number of carbonyl (C=O) groups excluding carboxylic acids is 1. The molecule has 0 radical (unpaired) electrons. The molecule has 0 saturated carbocycles. The lowest BCUT2D eigenvalue weighted by Gasteiger charge is -2.10. The Kier molecular flexibility index (Phi) is 2.68. The van der Waals surface area contributed by atoms with Crippen LogP contribution in [0.4, 0.5) is 5.69 Å². The fraction of sp³-hybridized carbons (Fsp3) is 0.0667. The summed E-state index contributed by atoms with van der Waals surface area (Å²) < 4.78 is 0. The number of benzene rings is 1. The van der Waals surface area contributed by atoms with E-state index in [0.29, 0.717) is 5.52 Å². The molecule has 1 amide bonds. The van der Waals surface area contributed by atoms with E-state index in [2.05, 4.69) is 9.97 Å². The SMILES string of the molecule is Cc1c(N)cccc1-c1cnc(C(N)=O)c2[nH]ccc12. The molecule has 0 aliphatic rings. The minimum atomic E-state index is -0.548. The third kappa shape index (κ3) is 1.72. The molecule has 2 heterocycles. The summed E-state index contributed by atoms with van der Waals surface area (Å²) in [6, 6.07) is 7.65. The molecule has 0 bridgehead atoms. The average Bonchev–Trinajstić information content (AvgIpc) is 2.90. The van der Waals surface area contributed by atoms with Gasteiger partial charge in [0.1, 0.15) is 0 Å². The standard InChI is InChI=1S/C15H14N4O/c1-8-9(3-2-4-12(8)16)11-7-19-14(15(17)20)13-10(11)5-6-18-13/h2-7,18H,16H2,1H3,(H2,17,20). The molecule has 3 rings (SSSR count). The molecular formula is C15H14N4O. The molecule has 20 heavy (non-hydrogen) atoms. The number of aromatic amines is 1. The summed E-state index contributed by atoms with van der Waals surface area (Å²) in [5.41, 5.74) is 15.8. The first kappa shape index (κ1) is 12.2. The van der Waals surface area contributed by atoms with Crippen molar-refractivity contribution >= 4 is 22.5 Å². The number of nitrogens with zero attached hydrogens (tertiary/aromatic N) is 1. The van der Waals surface area contributed by atoms with Gasteiger partial charge in [-0.3, -0.25) is 4.79 Å². The number of nitrogens with two attached hydrogens (primary N) is 2. The summed E-state index contributed by atoms with van der Waals surface area (Å²) >= 11 is 0. The highest BCUT2D eigenvalue weighted by molar-refractivity contribution is 6.07.